The molecule has 0 aromatic heterocycles. The van der Waals surface area contributed by atoms with Crippen LogP contribution in [0.2, 0.25) is 0 Å². The fourth-order valence-corrected chi connectivity index (χ4v) is 3.77. The lowest BCUT2D eigenvalue weighted by Crippen LogP contribution is -2.16. The fraction of sp³-hybridized carbons (Fsp3) is 0.958. The molecular formula is C24H48O3. The van der Waals surface area contributed by atoms with Gasteiger partial charge in [-0.15, -0.1) is 0 Å². The van der Waals surface area contributed by atoms with Gasteiger partial charge in [0.05, 0.1) is 0 Å². The summed E-state index contributed by atoms with van der Waals surface area (Å²) < 4.78 is 5.09. The highest BCUT2D eigenvalue weighted by Crippen LogP contribution is 2.17. The molecule has 1 unspecified atom stereocenters. The fourth-order valence-electron chi connectivity index (χ4n) is 3.77. The van der Waals surface area contributed by atoms with E-state index >= 15 is 0 Å². The molecule has 0 aliphatic rings. The van der Waals surface area contributed by atoms with Crippen molar-refractivity contribution in [2.45, 2.75) is 148 Å². The van der Waals surface area contributed by atoms with Gasteiger partial charge in [-0.1, -0.05) is 117 Å². The second-order valence-corrected chi connectivity index (χ2v) is 8.24. The molecule has 0 bridgehead atoms. The molecule has 0 spiro atoms. The molecule has 0 amide bonds. The zero-order valence-corrected chi connectivity index (χ0v) is 18.5. The van der Waals surface area contributed by atoms with E-state index in [0.29, 0.717) is 0 Å². The number of ether oxygens (including phenoxy) is 1. The summed E-state index contributed by atoms with van der Waals surface area (Å²) in [5, 5.41) is 8.93. The molecule has 0 aromatic rings. The third-order valence-electron chi connectivity index (χ3n) is 5.53. The molecule has 0 aromatic carbocycles. The number of carboxylic acid groups (broad SMARTS) is 1. The first kappa shape index (κ1) is 26.3. The minimum absolute atomic E-state index is 0.0863. The average Bonchev–Trinajstić information content (AvgIpc) is 2.64. The summed E-state index contributed by atoms with van der Waals surface area (Å²) in [6.45, 7) is 4.50. The normalized spacial score (nSPS) is 12.2. The summed E-state index contributed by atoms with van der Waals surface area (Å²) in [4.78, 5) is 10.9. The maximum absolute atomic E-state index is 10.9. The van der Waals surface area contributed by atoms with Crippen LogP contribution in [0.25, 0.3) is 0 Å². The SMILES string of the molecule is CCCCCCCCCCCCCCC(CCCCCCCC)OC(=O)O. The molecule has 0 radical (unpaired) electrons. The van der Waals surface area contributed by atoms with Gasteiger partial charge in [-0.05, 0) is 25.7 Å². The van der Waals surface area contributed by atoms with Gasteiger partial charge in [0, 0.05) is 0 Å². The Morgan fingerprint density at radius 3 is 1.19 bits per heavy atom. The quantitative estimate of drug-likeness (QED) is 0.159. The number of unbranched alkanes of at least 4 members (excludes halogenated alkanes) is 16. The monoisotopic (exact) mass is 384 g/mol. The predicted octanol–water partition coefficient (Wildman–Crippen LogP) is 8.89. The molecule has 27 heavy (non-hydrogen) atoms. The Morgan fingerprint density at radius 2 is 0.889 bits per heavy atom. The van der Waals surface area contributed by atoms with Crippen molar-refractivity contribution in [3.8, 4) is 0 Å². The standard InChI is InChI=1S/C24H48O3/c1-3-5-7-9-11-12-13-14-15-16-18-20-22-23(27-24(25)26)21-19-17-10-8-6-4-2/h23H,3-22H2,1-2H3,(H,25,26). The van der Waals surface area contributed by atoms with Gasteiger partial charge in [-0.25, -0.2) is 4.79 Å². The molecule has 0 saturated heterocycles. The van der Waals surface area contributed by atoms with Crippen LogP contribution in [0.1, 0.15) is 142 Å². The Labute approximate surface area is 169 Å². The molecule has 1 N–H and O–H groups in total. The topological polar surface area (TPSA) is 46.5 Å². The van der Waals surface area contributed by atoms with Crippen molar-refractivity contribution in [1.82, 2.24) is 0 Å². The van der Waals surface area contributed by atoms with Crippen molar-refractivity contribution in [2.75, 3.05) is 0 Å². The van der Waals surface area contributed by atoms with Crippen LogP contribution in [-0.2, 0) is 4.74 Å². The summed E-state index contributed by atoms with van der Waals surface area (Å²) in [5.41, 5.74) is 0. The van der Waals surface area contributed by atoms with Crippen LogP contribution >= 0.6 is 0 Å². The molecule has 1 atom stereocenters. The van der Waals surface area contributed by atoms with Crippen molar-refractivity contribution >= 4 is 6.16 Å². The van der Waals surface area contributed by atoms with Crippen molar-refractivity contribution in [3.63, 3.8) is 0 Å². The average molecular weight is 385 g/mol. The highest BCUT2D eigenvalue weighted by atomic mass is 16.7. The van der Waals surface area contributed by atoms with E-state index in [0.717, 1.165) is 25.7 Å². The Bertz CT molecular complexity index is 304. The van der Waals surface area contributed by atoms with Crippen LogP contribution in [-0.4, -0.2) is 17.4 Å². The van der Waals surface area contributed by atoms with Crippen molar-refractivity contribution < 1.29 is 14.6 Å². The summed E-state index contributed by atoms with van der Waals surface area (Å²) >= 11 is 0. The molecule has 162 valence electrons. The van der Waals surface area contributed by atoms with E-state index in [1.807, 2.05) is 0 Å². The van der Waals surface area contributed by atoms with Gasteiger partial charge in [-0.2, -0.15) is 0 Å². The highest BCUT2D eigenvalue weighted by molar-refractivity contribution is 5.57. The molecule has 3 heteroatoms. The molecule has 0 saturated carbocycles. The van der Waals surface area contributed by atoms with E-state index in [9.17, 15) is 4.79 Å². The van der Waals surface area contributed by atoms with Crippen LogP contribution in [0.4, 0.5) is 4.79 Å². The van der Waals surface area contributed by atoms with Gasteiger partial charge in [0.1, 0.15) is 6.10 Å². The van der Waals surface area contributed by atoms with E-state index < -0.39 is 6.16 Å². The van der Waals surface area contributed by atoms with Crippen molar-refractivity contribution in [1.29, 1.82) is 0 Å². The van der Waals surface area contributed by atoms with E-state index in [-0.39, 0.29) is 6.10 Å². The summed E-state index contributed by atoms with van der Waals surface area (Å²) in [7, 11) is 0. The Kier molecular flexibility index (Phi) is 21.0. The zero-order chi connectivity index (χ0) is 20.0. The van der Waals surface area contributed by atoms with Crippen LogP contribution in [0.3, 0.4) is 0 Å². The number of hydrogen-bond donors (Lipinski definition) is 1. The van der Waals surface area contributed by atoms with Crippen LogP contribution < -0.4 is 0 Å². The van der Waals surface area contributed by atoms with Crippen molar-refractivity contribution in [2.24, 2.45) is 0 Å². The largest absolute Gasteiger partial charge is 0.506 e. The Hall–Kier alpha value is -0.730. The van der Waals surface area contributed by atoms with Gasteiger partial charge < -0.3 is 9.84 Å². The smallest absolute Gasteiger partial charge is 0.450 e. The van der Waals surface area contributed by atoms with Crippen LogP contribution in [0.5, 0.6) is 0 Å². The zero-order valence-electron chi connectivity index (χ0n) is 18.5. The van der Waals surface area contributed by atoms with E-state index in [1.54, 1.807) is 0 Å². The minimum atomic E-state index is -1.11. The van der Waals surface area contributed by atoms with Crippen LogP contribution in [0, 0.1) is 0 Å². The number of carbonyl (C=O) groups is 1. The second-order valence-electron chi connectivity index (χ2n) is 8.24. The summed E-state index contributed by atoms with van der Waals surface area (Å²) in [5.74, 6) is 0. The molecule has 0 fully saturated rings. The summed E-state index contributed by atoms with van der Waals surface area (Å²) in [6, 6.07) is 0. The lowest BCUT2D eigenvalue weighted by molar-refractivity contribution is 0.0422. The Balaban J connectivity index is 3.51. The molecule has 0 heterocycles. The highest BCUT2D eigenvalue weighted by Gasteiger charge is 2.13. The summed E-state index contributed by atoms with van der Waals surface area (Å²) in [6.07, 6.45) is 24.1. The molecule has 3 nitrogen and oxygen atoms in total. The van der Waals surface area contributed by atoms with Gasteiger partial charge in [-0.3, -0.25) is 0 Å². The van der Waals surface area contributed by atoms with E-state index in [4.69, 9.17) is 9.84 Å². The third-order valence-corrected chi connectivity index (χ3v) is 5.53. The van der Waals surface area contributed by atoms with Gasteiger partial charge in [0.2, 0.25) is 0 Å². The first-order valence-electron chi connectivity index (χ1n) is 12.1. The van der Waals surface area contributed by atoms with E-state index in [1.165, 1.54) is 103 Å². The lowest BCUT2D eigenvalue weighted by Gasteiger charge is -2.15. The van der Waals surface area contributed by atoms with E-state index in [2.05, 4.69) is 13.8 Å². The predicted molar refractivity (Wildman–Crippen MR) is 117 cm³/mol. The van der Waals surface area contributed by atoms with Crippen molar-refractivity contribution in [3.05, 3.63) is 0 Å². The first-order chi connectivity index (χ1) is 13.2. The maximum atomic E-state index is 10.9. The lowest BCUT2D eigenvalue weighted by atomic mass is 10.0. The van der Waals surface area contributed by atoms with Gasteiger partial charge in [0.15, 0.2) is 0 Å². The third kappa shape index (κ3) is 21.4. The number of rotatable bonds is 21. The first-order valence-corrected chi connectivity index (χ1v) is 12.1. The maximum Gasteiger partial charge on any atom is 0.506 e. The molecule has 0 rings (SSSR count). The number of hydrogen-bond acceptors (Lipinski definition) is 2. The van der Waals surface area contributed by atoms with Gasteiger partial charge >= 0.3 is 6.16 Å². The second kappa shape index (κ2) is 21.6. The molecule has 0 aliphatic heterocycles. The van der Waals surface area contributed by atoms with Crippen LogP contribution in [0.15, 0.2) is 0 Å². The molecular weight excluding hydrogens is 336 g/mol. The molecule has 0 aliphatic carbocycles. The minimum Gasteiger partial charge on any atom is -0.450 e. The Morgan fingerprint density at radius 1 is 0.593 bits per heavy atom. The van der Waals surface area contributed by atoms with Gasteiger partial charge in [0.25, 0.3) is 0 Å².